The highest BCUT2D eigenvalue weighted by Crippen LogP contribution is 2.26. The summed E-state index contributed by atoms with van der Waals surface area (Å²) in [5.41, 5.74) is -0.0285. The van der Waals surface area contributed by atoms with Crippen molar-refractivity contribution in [3.05, 3.63) is 11.6 Å². The summed E-state index contributed by atoms with van der Waals surface area (Å²) in [7, 11) is 1.50. The van der Waals surface area contributed by atoms with Crippen LogP contribution in [0.3, 0.4) is 0 Å². The first-order valence-corrected chi connectivity index (χ1v) is 7.48. The van der Waals surface area contributed by atoms with Gasteiger partial charge in [-0.25, -0.2) is 9.78 Å². The number of amides is 2. The van der Waals surface area contributed by atoms with Gasteiger partial charge in [0, 0.05) is 31.7 Å². The smallest absolute Gasteiger partial charge is 0.256 e. The minimum absolute atomic E-state index is 0.210. The van der Waals surface area contributed by atoms with Gasteiger partial charge in [0.05, 0.1) is 0 Å². The molecule has 0 radical (unpaired) electrons. The fourth-order valence-corrected chi connectivity index (χ4v) is 1.63. The van der Waals surface area contributed by atoms with Crippen LogP contribution in [0.2, 0.25) is 0 Å². The first kappa shape index (κ1) is 18.8. The van der Waals surface area contributed by atoms with Crippen LogP contribution in [0.25, 0.3) is 0 Å². The number of ether oxygens (including phenoxy) is 1. The van der Waals surface area contributed by atoms with Crippen molar-refractivity contribution in [1.29, 1.82) is 0 Å². The molecule has 2 amide bonds. The van der Waals surface area contributed by atoms with E-state index in [-0.39, 0.29) is 24.3 Å². The van der Waals surface area contributed by atoms with Crippen molar-refractivity contribution in [3.63, 3.8) is 0 Å². The van der Waals surface area contributed by atoms with Gasteiger partial charge in [-0.2, -0.15) is 0 Å². The van der Waals surface area contributed by atoms with Gasteiger partial charge in [0.25, 0.3) is 11.8 Å². The van der Waals surface area contributed by atoms with Gasteiger partial charge in [-0.15, -0.1) is 0 Å². The molecule has 0 saturated heterocycles. The third-order valence-corrected chi connectivity index (χ3v) is 4.23. The second-order valence-corrected chi connectivity index (χ2v) is 6.64. The lowest BCUT2D eigenvalue weighted by molar-refractivity contribution is -0.459. The Hall–Kier alpha value is -1.24. The maximum atomic E-state index is 11.9. The Labute approximate surface area is 132 Å². The maximum absolute atomic E-state index is 11.9. The summed E-state index contributed by atoms with van der Waals surface area (Å²) >= 11 is 0. The molecule has 1 atom stereocenters. The number of carbonyl (C=O) groups is 2. The molecule has 0 aromatic rings. The topological polar surface area (TPSA) is 65.1 Å². The van der Waals surface area contributed by atoms with Gasteiger partial charge in [-0.05, 0) is 33.6 Å². The number of hydrogen-bond acceptors (Lipinski definition) is 5. The highest BCUT2D eigenvalue weighted by Gasteiger charge is 2.35. The average Bonchev–Trinajstić information content (AvgIpc) is 2.68. The molecule has 0 saturated carbocycles. The maximum Gasteiger partial charge on any atom is 0.256 e. The lowest BCUT2D eigenvalue weighted by Crippen LogP contribution is -2.42. The zero-order valence-electron chi connectivity index (χ0n) is 14.6. The van der Waals surface area contributed by atoms with E-state index in [9.17, 15) is 9.59 Å². The van der Waals surface area contributed by atoms with Gasteiger partial charge >= 0.3 is 0 Å². The van der Waals surface area contributed by atoms with Crippen LogP contribution < -0.4 is 0 Å². The summed E-state index contributed by atoms with van der Waals surface area (Å²) in [6.45, 7) is 11.5. The van der Waals surface area contributed by atoms with Crippen molar-refractivity contribution in [2.24, 2.45) is 5.92 Å². The molecule has 1 heterocycles. The van der Waals surface area contributed by atoms with Crippen molar-refractivity contribution in [3.8, 4) is 0 Å². The van der Waals surface area contributed by atoms with E-state index >= 15 is 0 Å². The predicted octanol–water partition coefficient (Wildman–Crippen LogP) is 2.44. The van der Waals surface area contributed by atoms with Gasteiger partial charge in [0.15, 0.2) is 5.79 Å². The minimum Gasteiger partial charge on any atom is -0.351 e. The molecule has 0 fully saturated rings. The van der Waals surface area contributed by atoms with E-state index in [0.29, 0.717) is 12.0 Å². The fourth-order valence-electron chi connectivity index (χ4n) is 1.63. The van der Waals surface area contributed by atoms with Crippen LogP contribution in [-0.4, -0.2) is 41.8 Å². The largest absolute Gasteiger partial charge is 0.351 e. The van der Waals surface area contributed by atoms with Crippen LogP contribution in [0.5, 0.6) is 0 Å². The van der Waals surface area contributed by atoms with Crippen molar-refractivity contribution in [2.45, 2.75) is 59.4 Å². The molecule has 126 valence electrons. The monoisotopic (exact) mass is 313 g/mol. The number of imide groups is 1. The Kier molecular flexibility index (Phi) is 5.89. The van der Waals surface area contributed by atoms with Crippen molar-refractivity contribution in [2.75, 3.05) is 13.7 Å². The van der Waals surface area contributed by atoms with E-state index in [1.807, 2.05) is 27.7 Å². The second-order valence-electron chi connectivity index (χ2n) is 6.64. The van der Waals surface area contributed by atoms with Gasteiger partial charge < -0.3 is 4.74 Å². The zero-order chi connectivity index (χ0) is 17.1. The van der Waals surface area contributed by atoms with Gasteiger partial charge in [-0.1, -0.05) is 13.8 Å². The normalized spacial score (nSPS) is 18.9. The molecule has 1 aliphatic rings. The molecule has 0 aliphatic carbocycles. The summed E-state index contributed by atoms with van der Waals surface area (Å²) in [5.74, 6) is -1.36. The molecular weight excluding hydrogens is 286 g/mol. The summed E-state index contributed by atoms with van der Waals surface area (Å²) < 4.78 is 5.36. The summed E-state index contributed by atoms with van der Waals surface area (Å²) in [4.78, 5) is 35.7. The lowest BCUT2D eigenvalue weighted by Gasteiger charge is -2.34. The van der Waals surface area contributed by atoms with Crippen LogP contribution in [0.15, 0.2) is 11.6 Å². The molecule has 0 bridgehead atoms. The summed E-state index contributed by atoms with van der Waals surface area (Å²) in [6.07, 6.45) is 1.65. The molecular formula is C16H27NO5. The number of methoxy groups -OCH3 is 1. The number of carbonyl (C=O) groups excluding carboxylic acids is 2. The average molecular weight is 313 g/mol. The number of hydrogen-bond donors (Lipinski definition) is 0. The van der Waals surface area contributed by atoms with Crippen molar-refractivity contribution < 1.29 is 24.1 Å². The Morgan fingerprint density at radius 3 is 2.18 bits per heavy atom. The number of nitrogens with zero attached hydrogens (tertiary/aromatic N) is 1. The highest BCUT2D eigenvalue weighted by molar-refractivity contribution is 6.15. The van der Waals surface area contributed by atoms with E-state index in [4.69, 9.17) is 14.5 Å². The zero-order valence-corrected chi connectivity index (χ0v) is 14.6. The van der Waals surface area contributed by atoms with Gasteiger partial charge in [-0.3, -0.25) is 14.5 Å². The lowest BCUT2D eigenvalue weighted by atomic mass is 9.95. The van der Waals surface area contributed by atoms with Crippen LogP contribution in [0.1, 0.15) is 48.0 Å². The van der Waals surface area contributed by atoms with Crippen LogP contribution in [-0.2, 0) is 24.1 Å². The first-order chi connectivity index (χ1) is 10.0. The molecule has 6 heteroatoms. The summed E-state index contributed by atoms with van der Waals surface area (Å²) in [5, 5.41) is 0. The Bertz CT molecular complexity index is 469. The molecule has 0 aromatic heterocycles. The molecule has 1 rings (SSSR count). The van der Waals surface area contributed by atoms with E-state index in [0.717, 1.165) is 0 Å². The van der Waals surface area contributed by atoms with E-state index < -0.39 is 11.4 Å². The Morgan fingerprint density at radius 2 is 1.77 bits per heavy atom. The third-order valence-electron chi connectivity index (χ3n) is 4.23. The van der Waals surface area contributed by atoms with Crippen LogP contribution in [0, 0.1) is 5.92 Å². The van der Waals surface area contributed by atoms with Crippen LogP contribution >= 0.6 is 0 Å². The predicted molar refractivity (Wildman–Crippen MR) is 81.6 cm³/mol. The number of rotatable bonds is 8. The molecule has 22 heavy (non-hydrogen) atoms. The first-order valence-electron chi connectivity index (χ1n) is 7.48. The fraction of sp³-hybridized carbons (Fsp3) is 0.750. The van der Waals surface area contributed by atoms with Crippen LogP contribution in [0.4, 0.5) is 0 Å². The summed E-state index contributed by atoms with van der Waals surface area (Å²) in [6, 6.07) is 0. The molecule has 6 nitrogen and oxygen atoms in total. The third kappa shape index (κ3) is 4.38. The van der Waals surface area contributed by atoms with Crippen molar-refractivity contribution in [1.82, 2.24) is 4.90 Å². The van der Waals surface area contributed by atoms with E-state index in [1.165, 1.54) is 18.1 Å². The Balaban J connectivity index is 2.61. The molecule has 1 unspecified atom stereocenters. The minimum atomic E-state index is -1.04. The van der Waals surface area contributed by atoms with Crippen molar-refractivity contribution >= 4 is 11.8 Å². The molecule has 0 N–H and O–H groups in total. The Morgan fingerprint density at radius 1 is 1.18 bits per heavy atom. The highest BCUT2D eigenvalue weighted by atomic mass is 17.2. The quantitative estimate of drug-likeness (QED) is 0.298. The van der Waals surface area contributed by atoms with Gasteiger partial charge in [0.2, 0.25) is 0 Å². The molecule has 0 aromatic carbocycles. The SMILES string of the molecule is COC(C)(CCN1C(=O)C=C(C)C1=O)OOC(C)(C)C(C)C. The van der Waals surface area contributed by atoms with E-state index in [1.54, 1.807) is 13.8 Å². The molecule has 1 aliphatic heterocycles. The molecule has 0 spiro atoms. The van der Waals surface area contributed by atoms with Gasteiger partial charge in [0.1, 0.15) is 5.60 Å². The second kappa shape index (κ2) is 6.89. The van der Waals surface area contributed by atoms with E-state index in [2.05, 4.69) is 0 Å². The standard InChI is InChI=1S/C16H27NO5/c1-11(2)15(4,5)21-22-16(6,20-7)8-9-17-13(18)10-12(3)14(17)19/h10-11H,8-9H2,1-7H3.